The zero-order chi connectivity index (χ0) is 20.4. The summed E-state index contributed by atoms with van der Waals surface area (Å²) in [4.78, 5) is 25.3. The van der Waals surface area contributed by atoms with Crippen molar-refractivity contribution in [3.05, 3.63) is 36.2 Å². The third-order valence-electron chi connectivity index (χ3n) is 5.05. The zero-order valence-corrected chi connectivity index (χ0v) is 16.9. The van der Waals surface area contributed by atoms with Gasteiger partial charge in [-0.2, -0.15) is 10.1 Å². The Morgan fingerprint density at radius 3 is 2.76 bits per heavy atom. The Hall–Kier alpha value is -3.36. The molecule has 0 saturated carbocycles. The Balaban J connectivity index is 1.38. The minimum atomic E-state index is -0.105. The molecule has 1 aliphatic rings. The Kier molecular flexibility index (Phi) is 5.20. The van der Waals surface area contributed by atoms with Crippen LogP contribution in [0.15, 0.2) is 30.5 Å². The lowest BCUT2D eigenvalue weighted by molar-refractivity contribution is 0.208. The van der Waals surface area contributed by atoms with E-state index in [9.17, 15) is 4.79 Å². The Bertz CT molecular complexity index is 1020. The second-order valence-corrected chi connectivity index (χ2v) is 6.97. The normalized spacial score (nSPS) is 14.3. The summed E-state index contributed by atoms with van der Waals surface area (Å²) < 4.78 is 7.27. The third-order valence-corrected chi connectivity index (χ3v) is 5.05. The molecule has 1 saturated heterocycles. The maximum Gasteiger partial charge on any atom is 0.321 e. The van der Waals surface area contributed by atoms with E-state index in [0.29, 0.717) is 44.6 Å². The van der Waals surface area contributed by atoms with Gasteiger partial charge in [-0.1, -0.05) is 0 Å². The molecule has 3 aromatic rings. The summed E-state index contributed by atoms with van der Waals surface area (Å²) >= 11 is 0. The standard InChI is InChI=1S/C20H25N7O2/c1-4-29-18-7-8-21-19(23-18)26-9-11-27(12-10-26)20(28)22-15-5-6-16-14(2)24-25(3)17(16)13-15/h5-8,13H,4,9-12H2,1-3H3,(H,22,28). The number of nitrogens with zero attached hydrogens (tertiary/aromatic N) is 6. The summed E-state index contributed by atoms with van der Waals surface area (Å²) in [5.41, 5.74) is 2.74. The molecule has 3 heterocycles. The average Bonchev–Trinajstić information content (AvgIpc) is 3.02. The molecule has 1 N–H and O–H groups in total. The molecule has 1 fully saturated rings. The lowest BCUT2D eigenvalue weighted by Gasteiger charge is -2.34. The predicted molar refractivity (Wildman–Crippen MR) is 111 cm³/mol. The molecular weight excluding hydrogens is 370 g/mol. The fraction of sp³-hybridized carbons (Fsp3) is 0.400. The van der Waals surface area contributed by atoms with Crippen LogP contribution in [0.5, 0.6) is 5.88 Å². The minimum Gasteiger partial charge on any atom is -0.478 e. The van der Waals surface area contributed by atoms with Crippen molar-refractivity contribution >= 4 is 28.6 Å². The van der Waals surface area contributed by atoms with E-state index >= 15 is 0 Å². The second-order valence-electron chi connectivity index (χ2n) is 6.97. The number of nitrogens with one attached hydrogen (secondary N) is 1. The lowest BCUT2D eigenvalue weighted by Crippen LogP contribution is -2.50. The number of aromatic nitrogens is 4. The highest BCUT2D eigenvalue weighted by Gasteiger charge is 2.23. The number of fused-ring (bicyclic) bond motifs is 1. The number of benzene rings is 1. The summed E-state index contributed by atoms with van der Waals surface area (Å²) in [6.45, 7) is 7.00. The Morgan fingerprint density at radius 2 is 2.00 bits per heavy atom. The maximum absolute atomic E-state index is 12.7. The molecule has 0 spiro atoms. The van der Waals surface area contributed by atoms with Crippen molar-refractivity contribution in [1.82, 2.24) is 24.6 Å². The predicted octanol–water partition coefficient (Wildman–Crippen LogP) is 2.42. The molecule has 0 aliphatic carbocycles. The fourth-order valence-corrected chi connectivity index (χ4v) is 3.54. The van der Waals surface area contributed by atoms with Gasteiger partial charge in [0.05, 0.1) is 17.8 Å². The molecule has 2 aromatic heterocycles. The quantitative estimate of drug-likeness (QED) is 0.730. The summed E-state index contributed by atoms with van der Waals surface area (Å²) in [5, 5.41) is 8.51. The summed E-state index contributed by atoms with van der Waals surface area (Å²) in [5.74, 6) is 1.20. The zero-order valence-electron chi connectivity index (χ0n) is 16.9. The summed E-state index contributed by atoms with van der Waals surface area (Å²) in [6.07, 6.45) is 1.70. The van der Waals surface area contributed by atoms with E-state index < -0.39 is 0 Å². The first-order valence-electron chi connectivity index (χ1n) is 9.75. The molecular formula is C20H25N7O2. The number of carbonyl (C=O) groups excluding carboxylic acids is 1. The number of carbonyl (C=O) groups is 1. The summed E-state index contributed by atoms with van der Waals surface area (Å²) in [6, 6.07) is 7.51. The van der Waals surface area contributed by atoms with Crippen molar-refractivity contribution in [2.75, 3.05) is 43.0 Å². The van der Waals surface area contributed by atoms with Gasteiger partial charge < -0.3 is 19.9 Å². The van der Waals surface area contributed by atoms with Gasteiger partial charge in [0.1, 0.15) is 0 Å². The lowest BCUT2D eigenvalue weighted by atomic mass is 10.2. The van der Waals surface area contributed by atoms with Gasteiger partial charge in [-0.15, -0.1) is 0 Å². The monoisotopic (exact) mass is 395 g/mol. The SMILES string of the molecule is CCOc1ccnc(N2CCN(C(=O)Nc3ccc4c(C)nn(C)c4c3)CC2)n1. The van der Waals surface area contributed by atoms with Gasteiger partial charge >= 0.3 is 6.03 Å². The molecule has 9 heteroatoms. The van der Waals surface area contributed by atoms with Crippen LogP contribution in [0.25, 0.3) is 10.9 Å². The van der Waals surface area contributed by atoms with Crippen molar-refractivity contribution in [3.8, 4) is 5.88 Å². The minimum absolute atomic E-state index is 0.105. The first-order chi connectivity index (χ1) is 14.0. The molecule has 152 valence electrons. The molecule has 0 unspecified atom stereocenters. The molecule has 0 bridgehead atoms. The molecule has 4 rings (SSSR count). The Morgan fingerprint density at radius 1 is 1.21 bits per heavy atom. The number of ether oxygens (including phenoxy) is 1. The van der Waals surface area contributed by atoms with E-state index in [1.165, 1.54) is 0 Å². The van der Waals surface area contributed by atoms with Gasteiger partial charge in [0.15, 0.2) is 0 Å². The largest absolute Gasteiger partial charge is 0.478 e. The molecule has 29 heavy (non-hydrogen) atoms. The van der Waals surface area contributed by atoms with Gasteiger partial charge in [-0.3, -0.25) is 4.68 Å². The van der Waals surface area contributed by atoms with Crippen LogP contribution in [-0.2, 0) is 7.05 Å². The van der Waals surface area contributed by atoms with Crippen molar-refractivity contribution in [1.29, 1.82) is 0 Å². The van der Waals surface area contributed by atoms with Gasteiger partial charge in [0.25, 0.3) is 0 Å². The van der Waals surface area contributed by atoms with E-state index in [1.54, 1.807) is 12.3 Å². The smallest absolute Gasteiger partial charge is 0.321 e. The number of rotatable bonds is 4. The van der Waals surface area contributed by atoms with E-state index in [2.05, 4.69) is 25.3 Å². The van der Waals surface area contributed by atoms with E-state index in [0.717, 1.165) is 22.3 Å². The number of hydrogen-bond acceptors (Lipinski definition) is 6. The molecule has 1 aliphatic heterocycles. The highest BCUT2D eigenvalue weighted by molar-refractivity contribution is 5.93. The molecule has 2 amide bonds. The van der Waals surface area contributed by atoms with Crippen molar-refractivity contribution in [2.24, 2.45) is 7.05 Å². The van der Waals surface area contributed by atoms with Gasteiger partial charge in [0.2, 0.25) is 11.8 Å². The fourth-order valence-electron chi connectivity index (χ4n) is 3.54. The number of urea groups is 1. The summed E-state index contributed by atoms with van der Waals surface area (Å²) in [7, 11) is 1.91. The number of anilines is 2. The highest BCUT2D eigenvalue weighted by Crippen LogP contribution is 2.22. The number of aryl methyl sites for hydroxylation is 2. The van der Waals surface area contributed by atoms with E-state index in [-0.39, 0.29) is 6.03 Å². The van der Waals surface area contributed by atoms with Crippen molar-refractivity contribution in [3.63, 3.8) is 0 Å². The van der Waals surface area contributed by atoms with Crippen LogP contribution in [0.3, 0.4) is 0 Å². The van der Waals surface area contributed by atoms with Gasteiger partial charge in [-0.05, 0) is 32.0 Å². The third kappa shape index (κ3) is 3.94. The maximum atomic E-state index is 12.7. The van der Waals surface area contributed by atoms with Crippen LogP contribution in [-0.4, -0.2) is 63.5 Å². The van der Waals surface area contributed by atoms with Crippen LogP contribution in [0.2, 0.25) is 0 Å². The number of piperazine rings is 1. The van der Waals surface area contributed by atoms with Crippen molar-refractivity contribution in [2.45, 2.75) is 13.8 Å². The van der Waals surface area contributed by atoms with Crippen LogP contribution in [0.4, 0.5) is 16.4 Å². The second kappa shape index (κ2) is 7.94. The first-order valence-corrected chi connectivity index (χ1v) is 9.75. The highest BCUT2D eigenvalue weighted by atomic mass is 16.5. The van der Waals surface area contributed by atoms with Crippen LogP contribution < -0.4 is 15.0 Å². The van der Waals surface area contributed by atoms with E-state index in [1.807, 2.05) is 48.7 Å². The van der Waals surface area contributed by atoms with Crippen LogP contribution in [0, 0.1) is 6.92 Å². The topological polar surface area (TPSA) is 88.4 Å². The molecule has 0 atom stereocenters. The van der Waals surface area contributed by atoms with Gasteiger partial charge in [-0.25, -0.2) is 9.78 Å². The van der Waals surface area contributed by atoms with Crippen LogP contribution in [0.1, 0.15) is 12.6 Å². The molecule has 9 nitrogen and oxygen atoms in total. The molecule has 1 aromatic carbocycles. The first kappa shape index (κ1) is 19.0. The van der Waals surface area contributed by atoms with Gasteiger partial charge in [0, 0.05) is 56.6 Å². The molecule has 0 radical (unpaired) electrons. The van der Waals surface area contributed by atoms with Crippen molar-refractivity contribution < 1.29 is 9.53 Å². The van der Waals surface area contributed by atoms with E-state index in [4.69, 9.17) is 4.74 Å². The average molecular weight is 395 g/mol. The Labute approximate surface area is 169 Å². The number of amides is 2. The van der Waals surface area contributed by atoms with Crippen LogP contribution >= 0.6 is 0 Å². The number of hydrogen-bond donors (Lipinski definition) is 1.